The van der Waals surface area contributed by atoms with Gasteiger partial charge in [-0.3, -0.25) is 9.79 Å². The van der Waals surface area contributed by atoms with E-state index in [-0.39, 0.29) is 18.1 Å². The lowest BCUT2D eigenvalue weighted by molar-refractivity contribution is -0.120. The number of carbonyl (C=O) groups excluding carboxylic acids is 1. The average molecular weight is 435 g/mol. The van der Waals surface area contributed by atoms with Gasteiger partial charge in [-0.2, -0.15) is 0 Å². The minimum Gasteiger partial charge on any atom is -0.354 e. The highest BCUT2D eigenvalue weighted by molar-refractivity contribution is 9.10. The Bertz CT molecular complexity index is 780. The number of benzene rings is 2. The maximum Gasteiger partial charge on any atom is 0.224 e. The van der Waals surface area contributed by atoms with Crippen LogP contribution in [-0.4, -0.2) is 44.0 Å². The summed E-state index contributed by atoms with van der Waals surface area (Å²) in [6.07, 6.45) is 0.163. The number of hydrogen-bond donors (Lipinski definition) is 2. The number of rotatable bonds is 7. The molecule has 0 aliphatic heterocycles. The Kier molecular flexibility index (Phi) is 8.26. The van der Waals surface area contributed by atoms with Crippen LogP contribution in [0.25, 0.3) is 0 Å². The summed E-state index contributed by atoms with van der Waals surface area (Å²) in [4.78, 5) is 18.2. The first-order valence-corrected chi connectivity index (χ1v) is 9.44. The molecule has 0 bridgehead atoms. The van der Waals surface area contributed by atoms with Gasteiger partial charge in [-0.25, -0.2) is 4.39 Å². The molecule has 1 amide bonds. The smallest absolute Gasteiger partial charge is 0.224 e. The van der Waals surface area contributed by atoms with E-state index in [2.05, 4.69) is 43.7 Å². The van der Waals surface area contributed by atoms with Gasteiger partial charge in [-0.05, 0) is 35.4 Å². The van der Waals surface area contributed by atoms with Gasteiger partial charge in [0.2, 0.25) is 5.91 Å². The van der Waals surface area contributed by atoms with E-state index >= 15 is 0 Å². The van der Waals surface area contributed by atoms with E-state index in [9.17, 15) is 9.18 Å². The van der Waals surface area contributed by atoms with Crippen molar-refractivity contribution in [1.82, 2.24) is 15.5 Å². The largest absolute Gasteiger partial charge is 0.354 e. The third-order valence-electron chi connectivity index (χ3n) is 3.89. The fourth-order valence-corrected chi connectivity index (χ4v) is 2.86. The predicted octanol–water partition coefficient (Wildman–Crippen LogP) is 2.95. The van der Waals surface area contributed by atoms with Crippen molar-refractivity contribution in [2.45, 2.75) is 13.0 Å². The summed E-state index contributed by atoms with van der Waals surface area (Å²) < 4.78 is 14.2. The summed E-state index contributed by atoms with van der Waals surface area (Å²) in [5.74, 6) is 0.275. The number of aliphatic imine (C=N–C) groups is 1. The maximum atomic E-state index is 13.1. The van der Waals surface area contributed by atoms with Crippen LogP contribution < -0.4 is 10.6 Å². The van der Waals surface area contributed by atoms with Crippen molar-refractivity contribution in [3.05, 3.63) is 69.9 Å². The Morgan fingerprint density at radius 2 is 1.81 bits per heavy atom. The van der Waals surface area contributed by atoms with Crippen LogP contribution in [0.2, 0.25) is 0 Å². The average Bonchev–Trinajstić information content (AvgIpc) is 2.63. The summed E-state index contributed by atoms with van der Waals surface area (Å²) in [6.45, 7) is 1.73. The van der Waals surface area contributed by atoms with Gasteiger partial charge in [0.25, 0.3) is 0 Å². The van der Waals surface area contributed by atoms with Crippen LogP contribution in [-0.2, 0) is 17.8 Å². The molecule has 0 saturated heterocycles. The van der Waals surface area contributed by atoms with Gasteiger partial charge < -0.3 is 15.5 Å². The number of carbonyl (C=O) groups is 1. The number of amides is 1. The minimum absolute atomic E-state index is 0.138. The van der Waals surface area contributed by atoms with Crippen molar-refractivity contribution in [3.63, 3.8) is 0 Å². The van der Waals surface area contributed by atoms with Gasteiger partial charge in [0, 0.05) is 38.2 Å². The van der Waals surface area contributed by atoms with Gasteiger partial charge in [-0.15, -0.1) is 0 Å². The highest BCUT2D eigenvalue weighted by Crippen LogP contribution is 2.11. The zero-order chi connectivity index (χ0) is 19.6. The van der Waals surface area contributed by atoms with E-state index in [0.29, 0.717) is 18.7 Å². The molecular weight excluding hydrogens is 411 g/mol. The van der Waals surface area contributed by atoms with Crippen LogP contribution in [0.15, 0.2) is 58.0 Å². The normalized spacial score (nSPS) is 11.2. The van der Waals surface area contributed by atoms with E-state index < -0.39 is 0 Å². The third-order valence-corrected chi connectivity index (χ3v) is 4.42. The van der Waals surface area contributed by atoms with E-state index in [1.165, 1.54) is 17.7 Å². The van der Waals surface area contributed by atoms with Crippen molar-refractivity contribution in [1.29, 1.82) is 0 Å². The third kappa shape index (κ3) is 7.38. The fourth-order valence-electron chi connectivity index (χ4n) is 2.59. The standard InChI is InChI=1S/C20H24BrFN4O/c1-23-20(26(2)14-15-6-8-17(21)9-7-15)25-11-10-24-19(27)13-16-4-3-5-18(22)12-16/h3-9,12H,10-11,13-14H2,1-2H3,(H,23,25)(H,24,27). The van der Waals surface area contributed by atoms with Gasteiger partial charge in [-0.1, -0.05) is 40.2 Å². The van der Waals surface area contributed by atoms with Crippen LogP contribution in [0, 0.1) is 5.82 Å². The molecule has 5 nitrogen and oxygen atoms in total. The summed E-state index contributed by atoms with van der Waals surface area (Å²) in [5.41, 5.74) is 1.83. The summed E-state index contributed by atoms with van der Waals surface area (Å²) in [5, 5.41) is 6.04. The van der Waals surface area contributed by atoms with Crippen molar-refractivity contribution in [3.8, 4) is 0 Å². The lowest BCUT2D eigenvalue weighted by Gasteiger charge is -2.22. The molecule has 144 valence electrons. The van der Waals surface area contributed by atoms with Crippen molar-refractivity contribution < 1.29 is 9.18 Å². The monoisotopic (exact) mass is 434 g/mol. The summed E-state index contributed by atoms with van der Waals surface area (Å²) in [7, 11) is 3.68. The number of guanidine groups is 1. The second-order valence-electron chi connectivity index (χ2n) is 6.11. The molecule has 0 radical (unpaired) electrons. The predicted molar refractivity (Wildman–Crippen MR) is 110 cm³/mol. The molecule has 0 spiro atoms. The first-order valence-electron chi connectivity index (χ1n) is 8.65. The lowest BCUT2D eigenvalue weighted by Crippen LogP contribution is -2.42. The summed E-state index contributed by atoms with van der Waals surface area (Å²) in [6, 6.07) is 14.2. The molecule has 27 heavy (non-hydrogen) atoms. The van der Waals surface area contributed by atoms with Crippen LogP contribution in [0.4, 0.5) is 4.39 Å². The van der Waals surface area contributed by atoms with Gasteiger partial charge in [0.05, 0.1) is 6.42 Å². The molecule has 0 fully saturated rings. The first kappa shape index (κ1) is 20.9. The van der Waals surface area contributed by atoms with Crippen molar-refractivity contribution >= 4 is 27.8 Å². The molecule has 0 atom stereocenters. The highest BCUT2D eigenvalue weighted by Gasteiger charge is 2.07. The van der Waals surface area contributed by atoms with Crippen LogP contribution in [0.3, 0.4) is 0 Å². The Labute approximate surface area is 167 Å². The Morgan fingerprint density at radius 1 is 1.11 bits per heavy atom. The van der Waals surface area contributed by atoms with Gasteiger partial charge in [0.15, 0.2) is 5.96 Å². The molecule has 7 heteroatoms. The van der Waals surface area contributed by atoms with Gasteiger partial charge >= 0.3 is 0 Å². The molecule has 2 aromatic carbocycles. The molecule has 0 aromatic heterocycles. The van der Waals surface area contributed by atoms with Crippen LogP contribution in [0.5, 0.6) is 0 Å². The minimum atomic E-state index is -0.334. The molecule has 2 aromatic rings. The molecular formula is C20H24BrFN4O. The van der Waals surface area contributed by atoms with E-state index in [1.54, 1.807) is 19.2 Å². The molecule has 0 aliphatic rings. The summed E-state index contributed by atoms with van der Waals surface area (Å²) >= 11 is 3.43. The SMILES string of the molecule is CN=C(NCCNC(=O)Cc1cccc(F)c1)N(C)Cc1ccc(Br)cc1. The highest BCUT2D eigenvalue weighted by atomic mass is 79.9. The molecule has 2 rings (SSSR count). The zero-order valence-corrected chi connectivity index (χ0v) is 17.1. The van der Waals surface area contributed by atoms with E-state index in [1.807, 2.05) is 24.1 Å². The molecule has 0 unspecified atom stereocenters. The first-order chi connectivity index (χ1) is 13.0. The second-order valence-corrected chi connectivity index (χ2v) is 7.03. The molecule has 0 aliphatic carbocycles. The van der Waals surface area contributed by atoms with Gasteiger partial charge in [0.1, 0.15) is 5.82 Å². The van der Waals surface area contributed by atoms with E-state index in [0.717, 1.165) is 17.0 Å². The molecule has 2 N–H and O–H groups in total. The van der Waals surface area contributed by atoms with Crippen molar-refractivity contribution in [2.24, 2.45) is 4.99 Å². The Morgan fingerprint density at radius 3 is 2.48 bits per heavy atom. The zero-order valence-electron chi connectivity index (χ0n) is 15.5. The number of nitrogens with zero attached hydrogens (tertiary/aromatic N) is 2. The number of halogens is 2. The maximum absolute atomic E-state index is 13.1. The fraction of sp³-hybridized carbons (Fsp3) is 0.300. The van der Waals surface area contributed by atoms with Crippen molar-refractivity contribution in [2.75, 3.05) is 27.2 Å². The quantitative estimate of drug-likeness (QED) is 0.400. The lowest BCUT2D eigenvalue weighted by atomic mass is 10.1. The number of nitrogens with one attached hydrogen (secondary N) is 2. The van der Waals surface area contributed by atoms with Crippen LogP contribution in [0.1, 0.15) is 11.1 Å². The molecule has 0 heterocycles. The van der Waals surface area contributed by atoms with Crippen LogP contribution >= 0.6 is 15.9 Å². The Balaban J connectivity index is 1.72. The number of hydrogen-bond acceptors (Lipinski definition) is 2. The second kappa shape index (κ2) is 10.7. The topological polar surface area (TPSA) is 56.7 Å². The molecule has 0 saturated carbocycles. The van der Waals surface area contributed by atoms with E-state index in [4.69, 9.17) is 0 Å². The Hall–Kier alpha value is -2.41.